The Morgan fingerprint density at radius 3 is 1.96 bits per heavy atom. The molecule has 28 heavy (non-hydrogen) atoms. The van der Waals surface area contributed by atoms with E-state index >= 15 is 0 Å². The number of aryl methyl sites for hydroxylation is 2. The maximum Gasteiger partial charge on any atom is 0.295 e. The molecule has 0 radical (unpaired) electrons. The van der Waals surface area contributed by atoms with Crippen molar-refractivity contribution in [1.82, 2.24) is 0 Å². The van der Waals surface area contributed by atoms with Crippen LogP contribution in [0.15, 0.2) is 35.2 Å². The molecule has 2 aromatic rings. The molecule has 0 heterocycles. The van der Waals surface area contributed by atoms with E-state index in [0.717, 1.165) is 43.1 Å². The van der Waals surface area contributed by atoms with Crippen LogP contribution in [0.5, 0.6) is 0 Å². The van der Waals surface area contributed by atoms with Crippen molar-refractivity contribution in [3.63, 3.8) is 0 Å². The summed E-state index contributed by atoms with van der Waals surface area (Å²) >= 11 is 0. The van der Waals surface area contributed by atoms with E-state index in [4.69, 9.17) is 0 Å². The molecule has 0 aliphatic rings. The first-order valence-corrected chi connectivity index (χ1v) is 12.4. The van der Waals surface area contributed by atoms with Gasteiger partial charge in [-0.2, -0.15) is 8.42 Å². The molecule has 2 aromatic carbocycles. The van der Waals surface area contributed by atoms with E-state index in [1.165, 1.54) is 50.5 Å². The van der Waals surface area contributed by atoms with Crippen molar-refractivity contribution >= 4 is 20.9 Å². The standard InChI is InChI=1S/C24H36O3S/c1-3-5-7-9-11-14-20-18-23-21(15-12-10-8-6-4-2)16-13-17-22(23)24(19-20)28(25,26)27/h13,16-19H,3-12,14-15H2,1-2H3,(H,25,26,27). The van der Waals surface area contributed by atoms with Crippen LogP contribution in [0.25, 0.3) is 10.8 Å². The van der Waals surface area contributed by atoms with Crippen molar-refractivity contribution in [1.29, 1.82) is 0 Å². The number of hydrogen-bond acceptors (Lipinski definition) is 2. The summed E-state index contributed by atoms with van der Waals surface area (Å²) in [5, 5.41) is 1.62. The van der Waals surface area contributed by atoms with Crippen LogP contribution in [0.2, 0.25) is 0 Å². The van der Waals surface area contributed by atoms with E-state index in [1.54, 1.807) is 6.07 Å². The van der Waals surface area contributed by atoms with Gasteiger partial charge in [0, 0.05) is 5.39 Å². The molecular formula is C24H36O3S. The normalized spacial score (nSPS) is 12.0. The molecule has 0 atom stereocenters. The van der Waals surface area contributed by atoms with Crippen LogP contribution in [0.4, 0.5) is 0 Å². The molecule has 0 fully saturated rings. The molecule has 2 rings (SSSR count). The van der Waals surface area contributed by atoms with Gasteiger partial charge < -0.3 is 0 Å². The number of rotatable bonds is 13. The van der Waals surface area contributed by atoms with Crippen LogP contribution in [-0.4, -0.2) is 13.0 Å². The Bertz CT molecular complexity index is 840. The Morgan fingerprint density at radius 1 is 0.750 bits per heavy atom. The molecule has 3 nitrogen and oxygen atoms in total. The largest absolute Gasteiger partial charge is 0.295 e. The zero-order valence-corrected chi connectivity index (χ0v) is 18.4. The average Bonchev–Trinajstić information content (AvgIpc) is 2.66. The SMILES string of the molecule is CCCCCCCc1cc(S(=O)(=O)O)c2cccc(CCCCCCC)c2c1. The summed E-state index contributed by atoms with van der Waals surface area (Å²) in [6, 6.07) is 9.63. The first-order valence-electron chi connectivity index (χ1n) is 11.0. The second-order valence-corrected chi connectivity index (χ2v) is 9.30. The first kappa shape index (κ1) is 22.9. The van der Waals surface area contributed by atoms with Gasteiger partial charge in [0.25, 0.3) is 10.1 Å². The molecule has 4 heteroatoms. The lowest BCUT2D eigenvalue weighted by Crippen LogP contribution is -2.02. The summed E-state index contributed by atoms with van der Waals surface area (Å²) in [5.41, 5.74) is 2.20. The van der Waals surface area contributed by atoms with Gasteiger partial charge in [0.2, 0.25) is 0 Å². The molecule has 1 N–H and O–H groups in total. The molecule has 0 aliphatic heterocycles. The maximum atomic E-state index is 12.0. The summed E-state index contributed by atoms with van der Waals surface area (Å²) in [6.07, 6.45) is 13.8. The van der Waals surface area contributed by atoms with Crippen molar-refractivity contribution in [2.45, 2.75) is 95.8 Å². The lowest BCUT2D eigenvalue weighted by Gasteiger charge is -2.12. The lowest BCUT2D eigenvalue weighted by molar-refractivity contribution is 0.484. The molecule has 0 aliphatic carbocycles. The van der Waals surface area contributed by atoms with Gasteiger partial charge in [-0.15, -0.1) is 0 Å². The molecule has 0 spiro atoms. The minimum Gasteiger partial charge on any atom is -0.282 e. The zero-order valence-electron chi connectivity index (χ0n) is 17.5. The second kappa shape index (κ2) is 11.6. The molecule has 0 bridgehead atoms. The smallest absolute Gasteiger partial charge is 0.282 e. The number of benzene rings is 2. The monoisotopic (exact) mass is 404 g/mol. The molecule has 0 saturated carbocycles. The highest BCUT2D eigenvalue weighted by Gasteiger charge is 2.17. The maximum absolute atomic E-state index is 12.0. The molecule has 156 valence electrons. The molecular weight excluding hydrogens is 368 g/mol. The van der Waals surface area contributed by atoms with E-state index < -0.39 is 10.1 Å². The van der Waals surface area contributed by atoms with Gasteiger partial charge in [-0.3, -0.25) is 4.55 Å². The van der Waals surface area contributed by atoms with Crippen LogP contribution in [0, 0.1) is 0 Å². The highest BCUT2D eigenvalue weighted by molar-refractivity contribution is 7.86. The van der Waals surface area contributed by atoms with Gasteiger partial charge in [0.15, 0.2) is 0 Å². The minimum atomic E-state index is -4.24. The van der Waals surface area contributed by atoms with Crippen LogP contribution in [0.3, 0.4) is 0 Å². The van der Waals surface area contributed by atoms with E-state index in [2.05, 4.69) is 26.0 Å². The second-order valence-electron chi connectivity index (χ2n) is 7.91. The van der Waals surface area contributed by atoms with E-state index in [0.29, 0.717) is 5.39 Å². The fourth-order valence-corrected chi connectivity index (χ4v) is 4.66. The van der Waals surface area contributed by atoms with Crippen LogP contribution >= 0.6 is 0 Å². The summed E-state index contributed by atoms with van der Waals surface area (Å²) in [4.78, 5) is 0.0568. The van der Waals surface area contributed by atoms with E-state index in [-0.39, 0.29) is 4.90 Å². The van der Waals surface area contributed by atoms with Crippen LogP contribution < -0.4 is 0 Å². The van der Waals surface area contributed by atoms with Crippen molar-refractivity contribution in [2.75, 3.05) is 0 Å². The summed E-state index contributed by atoms with van der Waals surface area (Å²) < 4.78 is 33.8. The van der Waals surface area contributed by atoms with Crippen molar-refractivity contribution < 1.29 is 13.0 Å². The summed E-state index contributed by atoms with van der Waals surface area (Å²) in [5.74, 6) is 0. The average molecular weight is 405 g/mol. The fraction of sp³-hybridized carbons (Fsp3) is 0.583. The summed E-state index contributed by atoms with van der Waals surface area (Å²) in [6.45, 7) is 4.41. The number of unbranched alkanes of at least 4 members (excludes halogenated alkanes) is 8. The third-order valence-electron chi connectivity index (χ3n) is 5.50. The van der Waals surface area contributed by atoms with Gasteiger partial charge in [-0.1, -0.05) is 89.5 Å². The van der Waals surface area contributed by atoms with Gasteiger partial charge >= 0.3 is 0 Å². The predicted molar refractivity (Wildman–Crippen MR) is 119 cm³/mol. The highest BCUT2D eigenvalue weighted by Crippen LogP contribution is 2.29. The quantitative estimate of drug-likeness (QED) is 0.286. The van der Waals surface area contributed by atoms with Gasteiger partial charge in [-0.05, 0) is 48.3 Å². The van der Waals surface area contributed by atoms with Crippen molar-refractivity contribution in [3.8, 4) is 0 Å². The molecule has 0 saturated heterocycles. The Morgan fingerprint density at radius 2 is 1.36 bits per heavy atom. The minimum absolute atomic E-state index is 0.0568. The first-order chi connectivity index (χ1) is 13.5. The summed E-state index contributed by atoms with van der Waals surface area (Å²) in [7, 11) is -4.24. The topological polar surface area (TPSA) is 54.4 Å². The lowest BCUT2D eigenvalue weighted by atomic mass is 9.96. The van der Waals surface area contributed by atoms with E-state index in [1.807, 2.05) is 12.1 Å². The van der Waals surface area contributed by atoms with Crippen molar-refractivity contribution in [3.05, 3.63) is 41.5 Å². The van der Waals surface area contributed by atoms with Gasteiger partial charge in [0.1, 0.15) is 4.90 Å². The molecule has 0 aromatic heterocycles. The molecule has 0 unspecified atom stereocenters. The third-order valence-corrected chi connectivity index (χ3v) is 6.40. The number of fused-ring (bicyclic) bond motifs is 1. The number of hydrogen-bond donors (Lipinski definition) is 1. The Kier molecular flexibility index (Phi) is 9.46. The Labute approximate surface area is 171 Å². The van der Waals surface area contributed by atoms with Crippen LogP contribution in [-0.2, 0) is 23.0 Å². The zero-order chi connectivity index (χ0) is 20.4. The van der Waals surface area contributed by atoms with Gasteiger partial charge in [0.05, 0.1) is 0 Å². The fourth-order valence-electron chi connectivity index (χ4n) is 3.90. The van der Waals surface area contributed by atoms with Crippen LogP contribution in [0.1, 0.15) is 89.2 Å². The Hall–Kier alpha value is -1.39. The Balaban J connectivity index is 2.26. The van der Waals surface area contributed by atoms with Crippen molar-refractivity contribution in [2.24, 2.45) is 0 Å². The van der Waals surface area contributed by atoms with E-state index in [9.17, 15) is 13.0 Å². The predicted octanol–water partition coefficient (Wildman–Crippen LogP) is 7.11. The van der Waals surface area contributed by atoms with Gasteiger partial charge in [-0.25, -0.2) is 0 Å². The molecule has 0 amide bonds. The third kappa shape index (κ3) is 6.89. The highest BCUT2D eigenvalue weighted by atomic mass is 32.2.